The summed E-state index contributed by atoms with van der Waals surface area (Å²) in [5.74, 6) is 0.667. The van der Waals surface area contributed by atoms with Crippen LogP contribution in [-0.2, 0) is 6.42 Å². The van der Waals surface area contributed by atoms with Crippen LogP contribution in [0.3, 0.4) is 0 Å². The number of aryl methyl sites for hydroxylation is 1. The Bertz CT molecular complexity index is 1350. The van der Waals surface area contributed by atoms with Crippen LogP contribution in [0.15, 0.2) is 72.1 Å². The molecule has 0 fully saturated rings. The standard InChI is InChI=1S/C24H20N4OS/c1-16-9-11-18(12-10-16)22-26-24-28(27-22)19(15-30-24)13-14-25-23(29)21-8-4-6-17-5-2-3-7-20(17)21/h2-12,15H,13-14H2,1H3,(H,25,29). The Balaban J connectivity index is 1.30. The van der Waals surface area contributed by atoms with E-state index in [-0.39, 0.29) is 5.91 Å². The summed E-state index contributed by atoms with van der Waals surface area (Å²) >= 11 is 1.57. The normalized spacial score (nSPS) is 11.2. The van der Waals surface area contributed by atoms with E-state index < -0.39 is 0 Å². The van der Waals surface area contributed by atoms with Crippen LogP contribution in [0, 0.1) is 6.92 Å². The number of hydrogen-bond acceptors (Lipinski definition) is 4. The van der Waals surface area contributed by atoms with Crippen LogP contribution >= 0.6 is 11.3 Å². The van der Waals surface area contributed by atoms with E-state index in [4.69, 9.17) is 0 Å². The number of nitrogens with zero attached hydrogens (tertiary/aromatic N) is 3. The summed E-state index contributed by atoms with van der Waals surface area (Å²) in [5.41, 5.74) is 3.96. The van der Waals surface area contributed by atoms with Crippen molar-refractivity contribution in [2.45, 2.75) is 13.3 Å². The first kappa shape index (κ1) is 18.5. The number of aromatic nitrogens is 3. The molecule has 30 heavy (non-hydrogen) atoms. The van der Waals surface area contributed by atoms with Gasteiger partial charge in [0.2, 0.25) is 4.96 Å². The highest BCUT2D eigenvalue weighted by molar-refractivity contribution is 7.15. The molecule has 1 amide bonds. The molecule has 0 radical (unpaired) electrons. The number of thiazole rings is 1. The zero-order valence-corrected chi connectivity index (χ0v) is 17.3. The third-order valence-electron chi connectivity index (χ3n) is 5.16. The molecule has 5 rings (SSSR count). The maximum Gasteiger partial charge on any atom is 0.251 e. The molecule has 0 saturated heterocycles. The fourth-order valence-corrected chi connectivity index (χ4v) is 4.40. The molecule has 5 nitrogen and oxygen atoms in total. The molecule has 3 aromatic carbocycles. The molecular weight excluding hydrogens is 392 g/mol. The molecule has 0 aliphatic heterocycles. The highest BCUT2D eigenvalue weighted by Gasteiger charge is 2.13. The molecular formula is C24H20N4OS. The van der Waals surface area contributed by atoms with Crippen molar-refractivity contribution in [1.82, 2.24) is 19.9 Å². The van der Waals surface area contributed by atoms with Gasteiger partial charge in [-0.1, -0.05) is 66.2 Å². The minimum absolute atomic E-state index is 0.0581. The molecule has 0 aliphatic rings. The molecule has 2 aromatic heterocycles. The number of benzene rings is 3. The van der Waals surface area contributed by atoms with Crippen molar-refractivity contribution in [3.63, 3.8) is 0 Å². The van der Waals surface area contributed by atoms with Gasteiger partial charge in [-0.15, -0.1) is 16.4 Å². The number of hydrogen-bond donors (Lipinski definition) is 1. The Labute approximate surface area is 178 Å². The number of carbonyl (C=O) groups is 1. The average molecular weight is 413 g/mol. The van der Waals surface area contributed by atoms with Gasteiger partial charge >= 0.3 is 0 Å². The molecule has 0 atom stereocenters. The van der Waals surface area contributed by atoms with Gasteiger partial charge in [-0.05, 0) is 23.8 Å². The molecule has 6 heteroatoms. The van der Waals surface area contributed by atoms with Crippen LogP contribution in [0.1, 0.15) is 21.6 Å². The molecule has 0 spiro atoms. The van der Waals surface area contributed by atoms with E-state index in [9.17, 15) is 4.79 Å². The Hall–Kier alpha value is -3.51. The lowest BCUT2D eigenvalue weighted by Crippen LogP contribution is -2.26. The van der Waals surface area contributed by atoms with Gasteiger partial charge in [-0.3, -0.25) is 4.79 Å². The van der Waals surface area contributed by atoms with Gasteiger partial charge in [0, 0.05) is 29.5 Å². The van der Waals surface area contributed by atoms with Crippen LogP contribution < -0.4 is 5.32 Å². The summed E-state index contributed by atoms with van der Waals surface area (Å²) in [7, 11) is 0. The third kappa shape index (κ3) is 3.46. The molecule has 0 unspecified atom stereocenters. The second-order valence-corrected chi connectivity index (χ2v) is 8.09. The molecule has 5 aromatic rings. The summed E-state index contributed by atoms with van der Waals surface area (Å²) in [6, 6.07) is 21.9. The topological polar surface area (TPSA) is 59.3 Å². The summed E-state index contributed by atoms with van der Waals surface area (Å²) in [4.78, 5) is 18.2. The summed E-state index contributed by atoms with van der Waals surface area (Å²) in [6.07, 6.45) is 0.688. The monoisotopic (exact) mass is 412 g/mol. The Morgan fingerprint density at radius 2 is 1.83 bits per heavy atom. The lowest BCUT2D eigenvalue weighted by atomic mass is 10.0. The van der Waals surface area contributed by atoms with Gasteiger partial charge in [0.05, 0.1) is 5.69 Å². The summed E-state index contributed by atoms with van der Waals surface area (Å²) < 4.78 is 1.88. The SMILES string of the molecule is Cc1ccc(-c2nc3scc(CCNC(=O)c4cccc5ccccc45)n3n2)cc1. The first-order chi connectivity index (χ1) is 14.7. The number of nitrogens with one attached hydrogen (secondary N) is 1. The van der Waals surface area contributed by atoms with Crippen molar-refractivity contribution >= 4 is 33.0 Å². The van der Waals surface area contributed by atoms with Crippen LogP contribution in [0.5, 0.6) is 0 Å². The van der Waals surface area contributed by atoms with E-state index in [1.807, 2.05) is 59.1 Å². The minimum Gasteiger partial charge on any atom is -0.352 e. The zero-order valence-electron chi connectivity index (χ0n) is 16.5. The van der Waals surface area contributed by atoms with E-state index >= 15 is 0 Å². The fourth-order valence-electron chi connectivity index (χ4n) is 3.54. The number of carbonyl (C=O) groups excluding carboxylic acids is 1. The van der Waals surface area contributed by atoms with E-state index in [2.05, 4.69) is 39.8 Å². The van der Waals surface area contributed by atoms with Gasteiger partial charge in [0.25, 0.3) is 5.91 Å². The predicted octanol–water partition coefficient (Wildman–Crippen LogP) is 4.89. The van der Waals surface area contributed by atoms with E-state index in [0.29, 0.717) is 18.5 Å². The lowest BCUT2D eigenvalue weighted by molar-refractivity contribution is 0.0955. The largest absolute Gasteiger partial charge is 0.352 e. The fraction of sp³-hybridized carbons (Fsp3) is 0.125. The lowest BCUT2D eigenvalue weighted by Gasteiger charge is -2.07. The Kier molecular flexibility index (Phi) is 4.77. The molecule has 0 aliphatic carbocycles. The Morgan fingerprint density at radius 3 is 2.70 bits per heavy atom. The van der Waals surface area contributed by atoms with E-state index in [0.717, 1.165) is 32.8 Å². The van der Waals surface area contributed by atoms with Gasteiger partial charge < -0.3 is 5.32 Å². The maximum absolute atomic E-state index is 12.7. The van der Waals surface area contributed by atoms with Crippen molar-refractivity contribution in [3.05, 3.63) is 88.9 Å². The molecule has 0 saturated carbocycles. The van der Waals surface area contributed by atoms with Crippen molar-refractivity contribution in [2.75, 3.05) is 6.54 Å². The molecule has 1 N–H and O–H groups in total. The second-order valence-electron chi connectivity index (χ2n) is 7.26. The smallest absolute Gasteiger partial charge is 0.251 e. The average Bonchev–Trinajstić information content (AvgIpc) is 3.35. The molecule has 148 valence electrons. The van der Waals surface area contributed by atoms with Crippen molar-refractivity contribution < 1.29 is 4.79 Å². The van der Waals surface area contributed by atoms with E-state index in [1.54, 1.807) is 11.3 Å². The van der Waals surface area contributed by atoms with Gasteiger partial charge in [0.15, 0.2) is 5.82 Å². The first-order valence-electron chi connectivity index (χ1n) is 9.85. The van der Waals surface area contributed by atoms with Crippen molar-refractivity contribution in [1.29, 1.82) is 0 Å². The quantitative estimate of drug-likeness (QED) is 0.447. The van der Waals surface area contributed by atoms with Crippen LogP contribution in [0.4, 0.5) is 0 Å². The third-order valence-corrected chi connectivity index (χ3v) is 6.03. The highest BCUT2D eigenvalue weighted by atomic mass is 32.1. The molecule has 2 heterocycles. The second kappa shape index (κ2) is 7.72. The Morgan fingerprint density at radius 1 is 1.03 bits per heavy atom. The minimum atomic E-state index is -0.0581. The van der Waals surface area contributed by atoms with Crippen LogP contribution in [0.25, 0.3) is 27.1 Å². The predicted molar refractivity (Wildman–Crippen MR) is 121 cm³/mol. The van der Waals surface area contributed by atoms with Crippen molar-refractivity contribution in [2.24, 2.45) is 0 Å². The maximum atomic E-state index is 12.7. The van der Waals surface area contributed by atoms with Gasteiger partial charge in [-0.2, -0.15) is 4.98 Å². The number of amides is 1. The number of rotatable bonds is 5. The highest BCUT2D eigenvalue weighted by Crippen LogP contribution is 2.22. The first-order valence-corrected chi connectivity index (χ1v) is 10.7. The zero-order chi connectivity index (χ0) is 20.5. The van der Waals surface area contributed by atoms with Crippen LogP contribution in [-0.4, -0.2) is 27.0 Å². The van der Waals surface area contributed by atoms with E-state index in [1.165, 1.54) is 5.56 Å². The van der Waals surface area contributed by atoms with Crippen molar-refractivity contribution in [3.8, 4) is 11.4 Å². The number of fused-ring (bicyclic) bond motifs is 2. The molecule has 0 bridgehead atoms. The summed E-state index contributed by atoms with van der Waals surface area (Å²) in [6.45, 7) is 2.60. The van der Waals surface area contributed by atoms with Gasteiger partial charge in [0.1, 0.15) is 0 Å². The van der Waals surface area contributed by atoms with Crippen LogP contribution in [0.2, 0.25) is 0 Å². The summed E-state index contributed by atoms with van der Waals surface area (Å²) in [5, 5.41) is 11.8. The van der Waals surface area contributed by atoms with Gasteiger partial charge in [-0.25, -0.2) is 4.52 Å².